The molecule has 2 aliphatic rings. The van der Waals surface area contributed by atoms with E-state index in [1.165, 1.54) is 0 Å². The second-order valence-corrected chi connectivity index (χ2v) is 18.0. The lowest BCUT2D eigenvalue weighted by molar-refractivity contribution is -0.347. The summed E-state index contributed by atoms with van der Waals surface area (Å²) in [6.45, 7) is 14.4. The first kappa shape index (κ1) is 32.6. The predicted octanol–water partition coefficient (Wildman–Crippen LogP) is 8.17. The van der Waals surface area contributed by atoms with Gasteiger partial charge in [0.25, 0.3) is 5.60 Å². The second-order valence-electron chi connectivity index (χ2n) is 13.6. The lowest BCUT2D eigenvalue weighted by Crippen LogP contribution is -2.55. The van der Waals surface area contributed by atoms with Crippen LogP contribution in [0.25, 0.3) is 0 Å². The average Bonchev–Trinajstić information content (AvgIpc) is 3.03. The summed E-state index contributed by atoms with van der Waals surface area (Å²) in [6.07, 6.45) is -5.48. The number of aliphatic hydroxyl groups excluding tert-OH is 1. The van der Waals surface area contributed by atoms with Gasteiger partial charge in [-0.2, -0.15) is 26.3 Å². The summed E-state index contributed by atoms with van der Waals surface area (Å²) < 4.78 is 85.8. The van der Waals surface area contributed by atoms with Crippen LogP contribution in [-0.2, 0) is 4.43 Å². The molecule has 0 aromatic heterocycles. The quantitative estimate of drug-likeness (QED) is 0.161. The van der Waals surface area contributed by atoms with Crippen molar-refractivity contribution in [1.29, 1.82) is 0 Å². The normalized spacial score (nSPS) is 30.0. The molecule has 0 aromatic rings. The van der Waals surface area contributed by atoms with Gasteiger partial charge in [-0.05, 0) is 107 Å². The Morgan fingerprint density at radius 2 is 1.51 bits per heavy atom. The molecule has 2 rings (SSSR count). The Kier molecular flexibility index (Phi) is 9.50. The molecule has 2 unspecified atom stereocenters. The molecule has 2 fully saturated rings. The van der Waals surface area contributed by atoms with Crippen LogP contribution in [0.5, 0.6) is 0 Å². The van der Waals surface area contributed by atoms with Gasteiger partial charge in [-0.1, -0.05) is 32.8 Å². The number of alkyl halides is 6. The summed E-state index contributed by atoms with van der Waals surface area (Å²) in [6, 6.07) is 0. The van der Waals surface area contributed by atoms with E-state index in [-0.39, 0.29) is 29.7 Å². The van der Waals surface area contributed by atoms with E-state index >= 15 is 0 Å². The highest BCUT2D eigenvalue weighted by Gasteiger charge is 2.69. The molecule has 2 aliphatic carbocycles. The van der Waals surface area contributed by atoms with E-state index in [9.17, 15) is 36.6 Å². The maximum absolute atomic E-state index is 13.3. The van der Waals surface area contributed by atoms with Crippen molar-refractivity contribution in [3.8, 4) is 0 Å². The Balaban J connectivity index is 2.35. The van der Waals surface area contributed by atoms with Gasteiger partial charge in [0.1, 0.15) is 0 Å². The summed E-state index contributed by atoms with van der Waals surface area (Å²) >= 11 is 0. The van der Waals surface area contributed by atoms with E-state index in [0.717, 1.165) is 38.2 Å². The number of allylic oxidation sites excluding steroid dienone is 1. The number of halogens is 6. The highest BCUT2D eigenvalue weighted by atomic mass is 28.4. The monoisotopic (exact) mass is 560 g/mol. The van der Waals surface area contributed by atoms with Gasteiger partial charge in [-0.15, -0.1) is 0 Å². The average molecular weight is 561 g/mol. The third kappa shape index (κ3) is 7.34. The SMILES string of the molecule is CC(C)(CCCC(C)(CC=CC(O)(C(F)(F)F)C(F)(F)F)[C@H]1CCC2[C@@H](O)CCC[C@@]21C)O[Si](C)(C)C. The number of hydrogen-bond donors (Lipinski definition) is 2. The van der Waals surface area contributed by atoms with Crippen molar-refractivity contribution in [2.45, 2.75) is 135 Å². The van der Waals surface area contributed by atoms with Crippen LogP contribution in [0.2, 0.25) is 19.6 Å². The molecule has 2 saturated carbocycles. The zero-order valence-electron chi connectivity index (χ0n) is 23.3. The molecule has 0 heterocycles. The van der Waals surface area contributed by atoms with Crippen molar-refractivity contribution in [2.24, 2.45) is 22.7 Å². The van der Waals surface area contributed by atoms with Crippen molar-refractivity contribution < 1.29 is 41.0 Å². The molecule has 3 nitrogen and oxygen atoms in total. The highest BCUT2D eigenvalue weighted by molar-refractivity contribution is 6.69. The molecule has 0 aliphatic heterocycles. The fourth-order valence-electron chi connectivity index (χ4n) is 7.36. The third-order valence-electron chi connectivity index (χ3n) is 8.85. The van der Waals surface area contributed by atoms with Crippen molar-refractivity contribution in [3.05, 3.63) is 12.2 Å². The van der Waals surface area contributed by atoms with Gasteiger partial charge in [-0.25, -0.2) is 0 Å². The van der Waals surface area contributed by atoms with E-state index in [4.69, 9.17) is 4.43 Å². The number of fused-ring (bicyclic) bond motifs is 1. The Morgan fingerprint density at radius 1 is 0.946 bits per heavy atom. The van der Waals surface area contributed by atoms with Crippen LogP contribution < -0.4 is 0 Å². The van der Waals surface area contributed by atoms with E-state index in [0.29, 0.717) is 19.3 Å². The third-order valence-corrected chi connectivity index (χ3v) is 10.0. The highest BCUT2D eigenvalue weighted by Crippen LogP contribution is 2.62. The molecule has 0 saturated heterocycles. The summed E-state index contributed by atoms with van der Waals surface area (Å²) in [7, 11) is -1.81. The van der Waals surface area contributed by atoms with Crippen LogP contribution in [0.3, 0.4) is 0 Å². The van der Waals surface area contributed by atoms with Crippen LogP contribution in [0, 0.1) is 22.7 Å². The minimum Gasteiger partial charge on any atom is -0.413 e. The number of rotatable bonds is 10. The molecular weight excluding hydrogens is 514 g/mol. The smallest absolute Gasteiger partial charge is 0.413 e. The van der Waals surface area contributed by atoms with Crippen LogP contribution in [0.4, 0.5) is 26.3 Å². The zero-order valence-corrected chi connectivity index (χ0v) is 24.3. The van der Waals surface area contributed by atoms with Crippen LogP contribution in [0.15, 0.2) is 12.2 Å². The standard InChI is InChI=1S/C27H46F6O3Si/c1-22(2,36-37(5,6)7)14-9-15-23(3,16-10-18-25(35,26(28,29)30)27(31,32)33)21-13-12-19-20(34)11-8-17-24(19,21)4/h10,18-21,34-35H,8-9,11-17H2,1-7H3/t19?,20-,21+,23?,24-/m0/s1. The first-order valence-electron chi connectivity index (χ1n) is 13.4. The van der Waals surface area contributed by atoms with Crippen LogP contribution in [0.1, 0.15) is 85.5 Å². The van der Waals surface area contributed by atoms with E-state index in [1.54, 1.807) is 0 Å². The summed E-state index contributed by atoms with van der Waals surface area (Å²) in [5.74, 6) is 0.0963. The summed E-state index contributed by atoms with van der Waals surface area (Å²) in [5, 5.41) is 20.3. The van der Waals surface area contributed by atoms with E-state index < -0.39 is 43.4 Å². The largest absolute Gasteiger partial charge is 0.429 e. The first-order chi connectivity index (χ1) is 16.5. The van der Waals surface area contributed by atoms with Gasteiger partial charge < -0.3 is 14.6 Å². The van der Waals surface area contributed by atoms with Crippen LogP contribution in [-0.4, -0.2) is 48.2 Å². The maximum Gasteiger partial charge on any atom is 0.429 e. The Labute approximate surface area is 219 Å². The van der Waals surface area contributed by atoms with Gasteiger partial charge in [0, 0.05) is 0 Å². The molecular formula is C27H46F6O3Si. The molecule has 5 atom stereocenters. The van der Waals surface area contributed by atoms with Gasteiger partial charge >= 0.3 is 12.4 Å². The van der Waals surface area contributed by atoms with E-state index in [1.807, 2.05) is 20.8 Å². The molecule has 0 radical (unpaired) electrons. The maximum atomic E-state index is 13.3. The molecule has 10 heteroatoms. The Hall–Kier alpha value is -0.583. The Morgan fingerprint density at radius 3 is 2.03 bits per heavy atom. The topological polar surface area (TPSA) is 49.7 Å². The minimum atomic E-state index is -5.88. The molecule has 2 N–H and O–H groups in total. The van der Waals surface area contributed by atoms with Crippen molar-refractivity contribution in [3.63, 3.8) is 0 Å². The minimum absolute atomic E-state index is 0.0236. The molecule has 0 aromatic carbocycles. The van der Waals surface area contributed by atoms with Gasteiger partial charge in [0.2, 0.25) is 0 Å². The Bertz CT molecular complexity index is 789. The molecule has 218 valence electrons. The lowest BCUT2D eigenvalue weighted by atomic mass is 9.56. The molecule has 37 heavy (non-hydrogen) atoms. The van der Waals surface area contributed by atoms with Crippen LogP contribution >= 0.6 is 0 Å². The van der Waals surface area contributed by atoms with Crippen molar-refractivity contribution in [2.75, 3.05) is 0 Å². The number of hydrogen-bond acceptors (Lipinski definition) is 3. The fourth-order valence-corrected chi connectivity index (χ4v) is 9.12. The van der Waals surface area contributed by atoms with E-state index in [2.05, 4.69) is 26.6 Å². The lowest BCUT2D eigenvalue weighted by Gasteiger charge is -2.50. The van der Waals surface area contributed by atoms with Gasteiger partial charge in [0.05, 0.1) is 11.7 Å². The zero-order chi connectivity index (χ0) is 28.7. The molecule has 0 spiro atoms. The van der Waals surface area contributed by atoms with Crippen molar-refractivity contribution >= 4 is 8.32 Å². The number of aliphatic hydroxyl groups is 2. The van der Waals surface area contributed by atoms with Gasteiger partial charge in [0.15, 0.2) is 8.32 Å². The van der Waals surface area contributed by atoms with Crippen molar-refractivity contribution in [1.82, 2.24) is 0 Å². The van der Waals surface area contributed by atoms with Gasteiger partial charge in [-0.3, -0.25) is 0 Å². The summed E-state index contributed by atoms with van der Waals surface area (Å²) in [4.78, 5) is 0. The molecule has 0 bridgehead atoms. The predicted molar refractivity (Wildman–Crippen MR) is 135 cm³/mol. The first-order valence-corrected chi connectivity index (χ1v) is 16.8. The molecule has 0 amide bonds. The second kappa shape index (κ2) is 10.8. The summed E-state index contributed by atoms with van der Waals surface area (Å²) in [5.41, 5.74) is -6.13. The fraction of sp³-hybridized carbons (Fsp3) is 0.926.